The molecule has 40 heavy (non-hydrogen) atoms. The van der Waals surface area contributed by atoms with E-state index in [1.807, 2.05) is 29.2 Å². The first-order valence-electron chi connectivity index (χ1n) is 15.8. The monoisotopic (exact) mass is 564 g/mol. The van der Waals surface area contributed by atoms with Gasteiger partial charge in [0.2, 0.25) is 5.91 Å². The van der Waals surface area contributed by atoms with Crippen LogP contribution in [0.5, 0.6) is 5.75 Å². The van der Waals surface area contributed by atoms with Crippen molar-refractivity contribution in [2.75, 3.05) is 17.4 Å². The minimum Gasteiger partial charge on any atom is -0.494 e. The van der Waals surface area contributed by atoms with E-state index < -0.39 is 0 Å². The summed E-state index contributed by atoms with van der Waals surface area (Å²) in [6, 6.07) is 16.5. The summed E-state index contributed by atoms with van der Waals surface area (Å²) in [7, 11) is 0. The Bertz CT molecular complexity index is 991. The molecule has 0 fully saturated rings. The number of benzene rings is 2. The summed E-state index contributed by atoms with van der Waals surface area (Å²) in [6.07, 6.45) is 21.3. The van der Waals surface area contributed by atoms with Crippen LogP contribution in [0.2, 0.25) is 0 Å². The second kappa shape index (κ2) is 19.6. The lowest BCUT2D eigenvalue weighted by Crippen LogP contribution is -2.28. The zero-order chi connectivity index (χ0) is 28.3. The molecule has 0 atom stereocenters. The molecule has 0 radical (unpaired) electrons. The summed E-state index contributed by atoms with van der Waals surface area (Å²) >= 11 is 1.80. The van der Waals surface area contributed by atoms with Gasteiger partial charge < -0.3 is 14.5 Å². The van der Waals surface area contributed by atoms with E-state index in [-0.39, 0.29) is 5.91 Å². The third-order valence-corrected chi connectivity index (χ3v) is 8.42. The molecule has 0 unspecified atom stereocenters. The molecule has 5 heteroatoms. The minimum absolute atomic E-state index is 0.0481. The van der Waals surface area contributed by atoms with Gasteiger partial charge in [-0.05, 0) is 47.2 Å². The van der Waals surface area contributed by atoms with Crippen LogP contribution in [0.1, 0.15) is 115 Å². The van der Waals surface area contributed by atoms with E-state index >= 15 is 0 Å². The van der Waals surface area contributed by atoms with Crippen molar-refractivity contribution in [3.8, 4) is 5.75 Å². The lowest BCUT2D eigenvalue weighted by Gasteiger charge is -2.23. The standard InChI is InChI=1S/C35H52N2O2S/c1-3-4-5-6-7-8-9-10-11-12-13-14-15-16-25-39-35-22-20-32(21-23-35)29-37(31(2)38)34-19-17-18-33(27-34)28-36-24-26-40-30-36/h17-24,26-27H,3-16,25,28-30H2,1-2H3. The molecule has 220 valence electrons. The summed E-state index contributed by atoms with van der Waals surface area (Å²) in [5, 5.41) is 2.12. The van der Waals surface area contributed by atoms with E-state index in [1.165, 1.54) is 89.0 Å². The van der Waals surface area contributed by atoms with Gasteiger partial charge in [-0.3, -0.25) is 4.79 Å². The van der Waals surface area contributed by atoms with Crippen LogP contribution >= 0.6 is 11.8 Å². The maximum atomic E-state index is 12.5. The fraction of sp³-hybridized carbons (Fsp3) is 0.571. The van der Waals surface area contributed by atoms with Crippen LogP contribution in [0.15, 0.2) is 60.1 Å². The van der Waals surface area contributed by atoms with Crippen LogP contribution in [-0.4, -0.2) is 23.3 Å². The van der Waals surface area contributed by atoms with Crippen LogP contribution in [0.3, 0.4) is 0 Å². The van der Waals surface area contributed by atoms with Crippen molar-refractivity contribution >= 4 is 23.4 Å². The zero-order valence-corrected chi connectivity index (χ0v) is 25.9. The molecule has 0 saturated carbocycles. The average Bonchev–Trinajstić information content (AvgIpc) is 3.47. The normalized spacial score (nSPS) is 12.7. The lowest BCUT2D eigenvalue weighted by atomic mass is 10.0. The van der Waals surface area contributed by atoms with Gasteiger partial charge in [0.15, 0.2) is 0 Å². The van der Waals surface area contributed by atoms with Crippen LogP contribution in [-0.2, 0) is 17.9 Å². The molecule has 0 aromatic heterocycles. The van der Waals surface area contributed by atoms with Crippen molar-refractivity contribution in [3.05, 3.63) is 71.3 Å². The molecular weight excluding hydrogens is 512 g/mol. The molecule has 0 aliphatic carbocycles. The maximum absolute atomic E-state index is 12.5. The quantitative estimate of drug-likeness (QED) is 0.141. The number of ether oxygens (including phenoxy) is 1. The second-order valence-electron chi connectivity index (χ2n) is 11.2. The predicted molar refractivity (Wildman–Crippen MR) is 173 cm³/mol. The molecule has 0 N–H and O–H groups in total. The number of unbranched alkanes of at least 4 members (excludes halogenated alkanes) is 13. The summed E-state index contributed by atoms with van der Waals surface area (Å²) in [4.78, 5) is 16.6. The number of rotatable bonds is 21. The molecule has 2 aromatic carbocycles. The molecule has 0 saturated heterocycles. The number of nitrogens with zero attached hydrogens (tertiary/aromatic N) is 2. The summed E-state index contributed by atoms with van der Waals surface area (Å²) in [5.41, 5.74) is 3.26. The Morgan fingerprint density at radius 2 is 1.45 bits per heavy atom. The third-order valence-electron chi connectivity index (χ3n) is 7.63. The fourth-order valence-corrected chi connectivity index (χ4v) is 5.92. The molecule has 0 bridgehead atoms. The second-order valence-corrected chi connectivity index (χ2v) is 12.1. The summed E-state index contributed by atoms with van der Waals surface area (Å²) in [6.45, 7) is 6.11. The number of hydrogen-bond donors (Lipinski definition) is 0. The van der Waals surface area contributed by atoms with E-state index in [2.05, 4.69) is 47.7 Å². The lowest BCUT2D eigenvalue weighted by molar-refractivity contribution is -0.116. The van der Waals surface area contributed by atoms with Crippen LogP contribution in [0.25, 0.3) is 0 Å². The zero-order valence-electron chi connectivity index (χ0n) is 25.1. The van der Waals surface area contributed by atoms with E-state index in [0.29, 0.717) is 6.54 Å². The van der Waals surface area contributed by atoms with Crippen molar-refractivity contribution in [1.82, 2.24) is 4.90 Å². The van der Waals surface area contributed by atoms with Gasteiger partial charge in [0, 0.05) is 25.4 Å². The Morgan fingerprint density at radius 1 is 0.825 bits per heavy atom. The molecule has 1 aliphatic rings. The first kappa shape index (κ1) is 32.1. The van der Waals surface area contributed by atoms with Crippen molar-refractivity contribution in [2.45, 2.75) is 117 Å². The van der Waals surface area contributed by atoms with Crippen molar-refractivity contribution in [3.63, 3.8) is 0 Å². The largest absolute Gasteiger partial charge is 0.494 e. The van der Waals surface area contributed by atoms with Gasteiger partial charge in [-0.25, -0.2) is 0 Å². The number of carbonyl (C=O) groups excluding carboxylic acids is 1. The number of anilines is 1. The van der Waals surface area contributed by atoms with Gasteiger partial charge in [0.25, 0.3) is 0 Å². The van der Waals surface area contributed by atoms with Crippen LogP contribution in [0, 0.1) is 0 Å². The highest BCUT2D eigenvalue weighted by molar-refractivity contribution is 8.02. The first-order chi connectivity index (χ1) is 19.7. The van der Waals surface area contributed by atoms with E-state index in [4.69, 9.17) is 4.74 Å². The first-order valence-corrected chi connectivity index (χ1v) is 16.8. The van der Waals surface area contributed by atoms with Gasteiger partial charge in [0.05, 0.1) is 19.0 Å². The predicted octanol–water partition coefficient (Wildman–Crippen LogP) is 10.1. The molecule has 4 nitrogen and oxygen atoms in total. The molecular formula is C35H52N2O2S. The smallest absolute Gasteiger partial charge is 0.224 e. The van der Waals surface area contributed by atoms with Gasteiger partial charge in [0.1, 0.15) is 5.75 Å². The summed E-state index contributed by atoms with van der Waals surface area (Å²) in [5.74, 6) is 1.94. The van der Waals surface area contributed by atoms with E-state index in [1.54, 1.807) is 18.7 Å². The van der Waals surface area contributed by atoms with Gasteiger partial charge in [-0.1, -0.05) is 115 Å². The van der Waals surface area contributed by atoms with Crippen molar-refractivity contribution in [2.24, 2.45) is 0 Å². The molecule has 0 spiro atoms. The molecule has 1 amide bonds. The Balaban J connectivity index is 1.28. The Hall–Kier alpha value is -2.40. The Kier molecular flexibility index (Phi) is 15.8. The van der Waals surface area contributed by atoms with Crippen molar-refractivity contribution in [1.29, 1.82) is 0 Å². The average molecular weight is 565 g/mol. The van der Waals surface area contributed by atoms with Crippen LogP contribution < -0.4 is 9.64 Å². The fourth-order valence-electron chi connectivity index (χ4n) is 5.21. The van der Waals surface area contributed by atoms with Gasteiger partial charge in [-0.2, -0.15) is 0 Å². The van der Waals surface area contributed by atoms with E-state index in [9.17, 15) is 4.79 Å². The van der Waals surface area contributed by atoms with Crippen molar-refractivity contribution < 1.29 is 9.53 Å². The number of hydrogen-bond acceptors (Lipinski definition) is 4. The van der Waals surface area contributed by atoms with E-state index in [0.717, 1.165) is 42.4 Å². The Labute approximate surface area is 248 Å². The van der Waals surface area contributed by atoms with Crippen LogP contribution in [0.4, 0.5) is 5.69 Å². The SMILES string of the molecule is CCCCCCCCCCCCCCCCOc1ccc(CN(C(C)=O)c2cccc(CN3C=CSC3)c2)cc1. The number of thioether (sulfide) groups is 1. The number of amides is 1. The molecule has 3 rings (SSSR count). The number of carbonyl (C=O) groups is 1. The molecule has 1 aliphatic heterocycles. The highest BCUT2D eigenvalue weighted by atomic mass is 32.2. The van der Waals surface area contributed by atoms with Gasteiger partial charge in [-0.15, -0.1) is 11.8 Å². The third kappa shape index (κ3) is 12.8. The highest BCUT2D eigenvalue weighted by Gasteiger charge is 2.14. The van der Waals surface area contributed by atoms with Gasteiger partial charge >= 0.3 is 0 Å². The minimum atomic E-state index is 0.0481. The maximum Gasteiger partial charge on any atom is 0.224 e. The highest BCUT2D eigenvalue weighted by Crippen LogP contribution is 2.24. The molecule has 2 aromatic rings. The summed E-state index contributed by atoms with van der Waals surface area (Å²) < 4.78 is 5.99. The Morgan fingerprint density at radius 3 is 2.02 bits per heavy atom. The molecule has 1 heterocycles. The topological polar surface area (TPSA) is 32.8 Å².